The minimum absolute atomic E-state index is 0.516. The number of pyridine rings is 1. The monoisotopic (exact) mass is 164 g/mol. The number of nitrogens with zero attached hydrogens (tertiary/aromatic N) is 1. The van der Waals surface area contributed by atoms with E-state index in [1.807, 2.05) is 12.1 Å². The van der Waals surface area contributed by atoms with Gasteiger partial charge in [0.1, 0.15) is 0 Å². The third-order valence-electron chi connectivity index (χ3n) is 2.19. The Balaban J connectivity index is 2.19. The molecule has 2 heterocycles. The molecule has 0 aromatic carbocycles. The van der Waals surface area contributed by atoms with E-state index < -0.39 is 0 Å². The molecule has 0 aliphatic carbocycles. The fraction of sp³-hybridized carbons (Fsp3) is 0.444. The molecule has 64 valence electrons. The van der Waals surface area contributed by atoms with E-state index in [1.54, 1.807) is 13.3 Å². The second kappa shape index (κ2) is 3.11. The molecule has 1 N–H and O–H groups in total. The number of hydrogen-bond acceptors (Lipinski definition) is 3. The molecule has 2 rings (SSSR count). The van der Waals surface area contributed by atoms with E-state index in [9.17, 15) is 0 Å². The second-order valence-electron chi connectivity index (χ2n) is 2.93. The predicted molar refractivity (Wildman–Crippen MR) is 46.1 cm³/mol. The topological polar surface area (TPSA) is 34.1 Å². The Bertz CT molecular complexity index is 271. The molecule has 1 fully saturated rings. The minimum atomic E-state index is 0.516. The summed E-state index contributed by atoms with van der Waals surface area (Å²) in [6.07, 6.45) is 3.00. The third-order valence-corrected chi connectivity index (χ3v) is 2.19. The van der Waals surface area contributed by atoms with Crippen LogP contribution in [0.2, 0.25) is 0 Å². The molecular weight excluding hydrogens is 152 g/mol. The van der Waals surface area contributed by atoms with Crippen LogP contribution in [-0.4, -0.2) is 18.6 Å². The van der Waals surface area contributed by atoms with Gasteiger partial charge in [-0.3, -0.25) is 0 Å². The molecule has 0 bridgehead atoms. The second-order valence-corrected chi connectivity index (χ2v) is 2.93. The third kappa shape index (κ3) is 1.28. The van der Waals surface area contributed by atoms with Crippen molar-refractivity contribution >= 4 is 0 Å². The highest BCUT2D eigenvalue weighted by Gasteiger charge is 2.18. The van der Waals surface area contributed by atoms with Crippen LogP contribution in [0.25, 0.3) is 0 Å². The van der Waals surface area contributed by atoms with Gasteiger partial charge in [0.05, 0.1) is 7.11 Å². The maximum Gasteiger partial charge on any atom is 0.213 e. The van der Waals surface area contributed by atoms with E-state index in [1.165, 1.54) is 12.0 Å². The average Bonchev–Trinajstić information content (AvgIpc) is 2.02. The summed E-state index contributed by atoms with van der Waals surface area (Å²) in [5.41, 5.74) is 1.27. The SMILES string of the molecule is COc1cc([C@@H]2CCN2)ccn1. The molecule has 1 aromatic heterocycles. The van der Waals surface area contributed by atoms with Crippen molar-refractivity contribution in [2.45, 2.75) is 12.5 Å². The molecule has 1 saturated heterocycles. The van der Waals surface area contributed by atoms with E-state index in [2.05, 4.69) is 10.3 Å². The molecule has 12 heavy (non-hydrogen) atoms. The molecule has 3 heteroatoms. The Hall–Kier alpha value is -1.09. The van der Waals surface area contributed by atoms with Crippen molar-refractivity contribution in [3.05, 3.63) is 23.9 Å². The Morgan fingerprint density at radius 1 is 1.67 bits per heavy atom. The molecule has 0 spiro atoms. The zero-order chi connectivity index (χ0) is 8.39. The van der Waals surface area contributed by atoms with Crippen molar-refractivity contribution < 1.29 is 4.74 Å². The maximum absolute atomic E-state index is 5.03. The fourth-order valence-electron chi connectivity index (χ4n) is 1.33. The maximum atomic E-state index is 5.03. The summed E-state index contributed by atoms with van der Waals surface area (Å²) in [4.78, 5) is 4.05. The van der Waals surface area contributed by atoms with Gasteiger partial charge in [0.2, 0.25) is 5.88 Å². The van der Waals surface area contributed by atoms with Crippen molar-refractivity contribution in [3.8, 4) is 5.88 Å². The highest BCUT2D eigenvalue weighted by molar-refractivity contribution is 5.24. The van der Waals surface area contributed by atoms with Gasteiger partial charge < -0.3 is 10.1 Å². The lowest BCUT2D eigenvalue weighted by atomic mass is 9.99. The first-order valence-corrected chi connectivity index (χ1v) is 4.13. The van der Waals surface area contributed by atoms with Crippen LogP contribution in [0.3, 0.4) is 0 Å². The number of rotatable bonds is 2. The van der Waals surface area contributed by atoms with Gasteiger partial charge in [-0.2, -0.15) is 0 Å². The first kappa shape index (κ1) is 7.55. The van der Waals surface area contributed by atoms with Gasteiger partial charge in [-0.25, -0.2) is 4.98 Å². The van der Waals surface area contributed by atoms with Crippen LogP contribution in [0.4, 0.5) is 0 Å². The van der Waals surface area contributed by atoms with Crippen LogP contribution in [0, 0.1) is 0 Å². The first-order chi connectivity index (χ1) is 5.90. The molecule has 3 nitrogen and oxygen atoms in total. The Labute approximate surface area is 71.8 Å². The molecule has 0 amide bonds. The molecule has 0 radical (unpaired) electrons. The molecule has 1 aromatic rings. The molecule has 1 atom stereocenters. The predicted octanol–water partition coefficient (Wildman–Crippen LogP) is 1.12. The van der Waals surface area contributed by atoms with Crippen LogP contribution >= 0.6 is 0 Å². The van der Waals surface area contributed by atoms with Crippen LogP contribution < -0.4 is 10.1 Å². The lowest BCUT2D eigenvalue weighted by Crippen LogP contribution is -2.34. The normalized spacial score (nSPS) is 21.6. The standard InChI is InChI=1S/C9H12N2O/c1-12-9-6-7(2-4-11-9)8-3-5-10-8/h2,4,6,8,10H,3,5H2,1H3/t8-/m0/s1. The van der Waals surface area contributed by atoms with Crippen LogP contribution in [-0.2, 0) is 0 Å². The molecule has 1 aliphatic rings. The number of hydrogen-bond donors (Lipinski definition) is 1. The summed E-state index contributed by atoms with van der Waals surface area (Å²) in [5, 5.41) is 3.33. The van der Waals surface area contributed by atoms with Crippen molar-refractivity contribution in [1.29, 1.82) is 0 Å². The number of aromatic nitrogens is 1. The van der Waals surface area contributed by atoms with Gasteiger partial charge in [0.25, 0.3) is 0 Å². The van der Waals surface area contributed by atoms with Crippen molar-refractivity contribution in [2.75, 3.05) is 13.7 Å². The number of nitrogens with one attached hydrogen (secondary N) is 1. The highest BCUT2D eigenvalue weighted by Crippen LogP contribution is 2.24. The Kier molecular flexibility index (Phi) is 1.96. The van der Waals surface area contributed by atoms with Crippen LogP contribution in [0.1, 0.15) is 18.0 Å². The van der Waals surface area contributed by atoms with Gasteiger partial charge in [-0.05, 0) is 24.6 Å². The van der Waals surface area contributed by atoms with Crippen molar-refractivity contribution in [2.24, 2.45) is 0 Å². The van der Waals surface area contributed by atoms with Crippen LogP contribution in [0.15, 0.2) is 18.3 Å². The van der Waals surface area contributed by atoms with Crippen LogP contribution in [0.5, 0.6) is 5.88 Å². The summed E-state index contributed by atoms with van der Waals surface area (Å²) >= 11 is 0. The lowest BCUT2D eigenvalue weighted by Gasteiger charge is -2.27. The quantitative estimate of drug-likeness (QED) is 0.711. The van der Waals surface area contributed by atoms with Gasteiger partial charge in [0.15, 0.2) is 0 Å². The molecule has 0 unspecified atom stereocenters. The zero-order valence-corrected chi connectivity index (χ0v) is 7.08. The largest absolute Gasteiger partial charge is 0.481 e. The fourth-order valence-corrected chi connectivity index (χ4v) is 1.33. The summed E-state index contributed by atoms with van der Waals surface area (Å²) in [7, 11) is 1.64. The van der Waals surface area contributed by atoms with E-state index in [0.29, 0.717) is 11.9 Å². The van der Waals surface area contributed by atoms with Gasteiger partial charge in [-0.1, -0.05) is 0 Å². The minimum Gasteiger partial charge on any atom is -0.481 e. The van der Waals surface area contributed by atoms with E-state index in [0.717, 1.165) is 6.54 Å². The van der Waals surface area contributed by atoms with Gasteiger partial charge in [0, 0.05) is 18.3 Å². The van der Waals surface area contributed by atoms with E-state index in [4.69, 9.17) is 4.74 Å². The highest BCUT2D eigenvalue weighted by atomic mass is 16.5. The van der Waals surface area contributed by atoms with Gasteiger partial charge >= 0.3 is 0 Å². The van der Waals surface area contributed by atoms with E-state index in [-0.39, 0.29) is 0 Å². The Morgan fingerprint density at radius 3 is 3.08 bits per heavy atom. The molecule has 1 aliphatic heterocycles. The summed E-state index contributed by atoms with van der Waals surface area (Å²) in [6.45, 7) is 1.12. The summed E-state index contributed by atoms with van der Waals surface area (Å²) < 4.78 is 5.03. The van der Waals surface area contributed by atoms with Gasteiger partial charge in [-0.15, -0.1) is 0 Å². The first-order valence-electron chi connectivity index (χ1n) is 4.13. The van der Waals surface area contributed by atoms with Crippen molar-refractivity contribution in [1.82, 2.24) is 10.3 Å². The number of ether oxygens (including phenoxy) is 1. The van der Waals surface area contributed by atoms with Crippen molar-refractivity contribution in [3.63, 3.8) is 0 Å². The number of methoxy groups -OCH3 is 1. The summed E-state index contributed by atoms with van der Waals surface area (Å²) in [6, 6.07) is 4.53. The zero-order valence-electron chi connectivity index (χ0n) is 7.08. The Morgan fingerprint density at radius 2 is 2.50 bits per heavy atom. The average molecular weight is 164 g/mol. The molecular formula is C9H12N2O. The van der Waals surface area contributed by atoms with E-state index >= 15 is 0 Å². The summed E-state index contributed by atoms with van der Waals surface area (Å²) in [5.74, 6) is 0.696. The smallest absolute Gasteiger partial charge is 0.213 e. The lowest BCUT2D eigenvalue weighted by molar-refractivity contribution is 0.373. The molecule has 0 saturated carbocycles.